The van der Waals surface area contributed by atoms with Crippen LogP contribution in [-0.2, 0) is 6.42 Å². The lowest BCUT2D eigenvalue weighted by atomic mass is 10.1. The third-order valence-corrected chi connectivity index (χ3v) is 3.90. The fraction of sp³-hybridized carbons (Fsp3) is 0.200. The van der Waals surface area contributed by atoms with Crippen LogP contribution in [0.25, 0.3) is 22.5 Å². The van der Waals surface area contributed by atoms with Crippen LogP contribution in [0.3, 0.4) is 0 Å². The van der Waals surface area contributed by atoms with Crippen molar-refractivity contribution in [2.75, 3.05) is 0 Å². The summed E-state index contributed by atoms with van der Waals surface area (Å²) in [5.41, 5.74) is 3.90. The van der Waals surface area contributed by atoms with E-state index in [9.17, 15) is 9.50 Å². The zero-order valence-corrected chi connectivity index (χ0v) is 13.5. The van der Waals surface area contributed by atoms with E-state index in [2.05, 4.69) is 9.97 Å². The Hall–Kier alpha value is -2.75. The molecule has 1 heterocycles. The van der Waals surface area contributed by atoms with Gasteiger partial charge >= 0.3 is 0 Å². The monoisotopic (exact) mass is 322 g/mol. The van der Waals surface area contributed by atoms with E-state index in [1.807, 2.05) is 36.4 Å². The molecular weight excluding hydrogens is 303 g/mol. The van der Waals surface area contributed by atoms with E-state index in [4.69, 9.17) is 0 Å². The van der Waals surface area contributed by atoms with Crippen LogP contribution >= 0.6 is 0 Å². The van der Waals surface area contributed by atoms with Crippen molar-refractivity contribution in [3.8, 4) is 28.3 Å². The number of benzene rings is 2. The van der Waals surface area contributed by atoms with E-state index in [0.29, 0.717) is 12.2 Å². The molecule has 122 valence electrons. The normalized spacial score (nSPS) is 12.1. The van der Waals surface area contributed by atoms with Crippen LogP contribution in [-0.4, -0.2) is 21.2 Å². The molecule has 3 rings (SSSR count). The van der Waals surface area contributed by atoms with E-state index >= 15 is 0 Å². The topological polar surface area (TPSA) is 46.0 Å². The minimum Gasteiger partial charge on any atom is -0.508 e. The first-order valence-corrected chi connectivity index (χ1v) is 7.96. The van der Waals surface area contributed by atoms with Gasteiger partial charge in [-0.3, -0.25) is 0 Å². The highest BCUT2D eigenvalue weighted by Crippen LogP contribution is 2.22. The fourth-order valence-corrected chi connectivity index (χ4v) is 2.47. The lowest BCUT2D eigenvalue weighted by Crippen LogP contribution is -1.96. The molecule has 1 atom stereocenters. The zero-order valence-electron chi connectivity index (χ0n) is 13.5. The molecule has 0 unspecified atom stereocenters. The van der Waals surface area contributed by atoms with Gasteiger partial charge in [-0.25, -0.2) is 14.4 Å². The van der Waals surface area contributed by atoms with Crippen molar-refractivity contribution in [2.45, 2.75) is 25.9 Å². The third-order valence-electron chi connectivity index (χ3n) is 3.90. The SMILES string of the molecule is C[C@H](F)CCc1ccc(-c2ncc(-c3ccc(O)cc3)cn2)cc1. The molecule has 3 aromatic rings. The maximum absolute atomic E-state index is 12.9. The van der Waals surface area contributed by atoms with Crippen LogP contribution in [0, 0.1) is 0 Å². The first-order valence-electron chi connectivity index (χ1n) is 7.96. The number of nitrogens with zero attached hydrogens (tertiary/aromatic N) is 2. The summed E-state index contributed by atoms with van der Waals surface area (Å²) in [5.74, 6) is 0.890. The van der Waals surface area contributed by atoms with Crippen molar-refractivity contribution < 1.29 is 9.50 Å². The second-order valence-corrected chi connectivity index (χ2v) is 5.86. The van der Waals surface area contributed by atoms with Crippen LogP contribution in [0.1, 0.15) is 18.9 Å². The lowest BCUT2D eigenvalue weighted by Gasteiger charge is -2.06. The Morgan fingerprint density at radius 2 is 1.46 bits per heavy atom. The molecule has 2 aromatic carbocycles. The smallest absolute Gasteiger partial charge is 0.159 e. The Morgan fingerprint density at radius 3 is 2.04 bits per heavy atom. The summed E-state index contributed by atoms with van der Waals surface area (Å²) in [6, 6.07) is 14.9. The number of alkyl halides is 1. The number of hydrogen-bond acceptors (Lipinski definition) is 3. The Labute approximate surface area is 140 Å². The summed E-state index contributed by atoms with van der Waals surface area (Å²) >= 11 is 0. The molecule has 4 heteroatoms. The quantitative estimate of drug-likeness (QED) is 0.733. The number of phenols is 1. The molecule has 24 heavy (non-hydrogen) atoms. The van der Waals surface area contributed by atoms with Crippen molar-refractivity contribution >= 4 is 0 Å². The largest absolute Gasteiger partial charge is 0.508 e. The van der Waals surface area contributed by atoms with Gasteiger partial charge in [0.2, 0.25) is 0 Å². The zero-order chi connectivity index (χ0) is 16.9. The summed E-state index contributed by atoms with van der Waals surface area (Å²) in [6.45, 7) is 1.58. The molecule has 0 aliphatic carbocycles. The van der Waals surface area contributed by atoms with Gasteiger partial charge in [-0.05, 0) is 43.0 Å². The maximum Gasteiger partial charge on any atom is 0.159 e. The first-order chi connectivity index (χ1) is 11.6. The number of halogens is 1. The number of aromatic hydroxyl groups is 1. The molecule has 0 aliphatic rings. The van der Waals surface area contributed by atoms with Crippen LogP contribution in [0.2, 0.25) is 0 Å². The van der Waals surface area contributed by atoms with Crippen molar-refractivity contribution in [1.29, 1.82) is 0 Å². The summed E-state index contributed by atoms with van der Waals surface area (Å²) < 4.78 is 12.9. The van der Waals surface area contributed by atoms with Gasteiger partial charge in [0.25, 0.3) is 0 Å². The van der Waals surface area contributed by atoms with Crippen molar-refractivity contribution in [1.82, 2.24) is 9.97 Å². The van der Waals surface area contributed by atoms with E-state index in [1.54, 1.807) is 31.5 Å². The molecule has 0 saturated carbocycles. The van der Waals surface area contributed by atoms with Gasteiger partial charge in [-0.2, -0.15) is 0 Å². The Kier molecular flexibility index (Phi) is 4.85. The van der Waals surface area contributed by atoms with Gasteiger partial charge < -0.3 is 5.11 Å². The minimum absolute atomic E-state index is 0.235. The summed E-state index contributed by atoms with van der Waals surface area (Å²) in [5, 5.41) is 9.34. The van der Waals surface area contributed by atoms with Gasteiger partial charge in [-0.1, -0.05) is 36.4 Å². The molecule has 1 N–H and O–H groups in total. The molecule has 0 spiro atoms. The van der Waals surface area contributed by atoms with E-state index in [0.717, 1.165) is 28.7 Å². The van der Waals surface area contributed by atoms with E-state index in [1.165, 1.54) is 0 Å². The van der Waals surface area contributed by atoms with Crippen LogP contribution in [0.4, 0.5) is 4.39 Å². The van der Waals surface area contributed by atoms with E-state index < -0.39 is 6.17 Å². The maximum atomic E-state index is 12.9. The molecule has 0 saturated heterocycles. The van der Waals surface area contributed by atoms with Gasteiger partial charge in [-0.15, -0.1) is 0 Å². The average Bonchev–Trinajstić information content (AvgIpc) is 2.61. The van der Waals surface area contributed by atoms with Crippen LogP contribution in [0.15, 0.2) is 60.9 Å². The van der Waals surface area contributed by atoms with E-state index in [-0.39, 0.29) is 5.75 Å². The van der Waals surface area contributed by atoms with Crippen molar-refractivity contribution in [3.63, 3.8) is 0 Å². The van der Waals surface area contributed by atoms with Crippen molar-refractivity contribution in [2.24, 2.45) is 0 Å². The highest BCUT2D eigenvalue weighted by molar-refractivity contribution is 5.64. The highest BCUT2D eigenvalue weighted by atomic mass is 19.1. The number of aryl methyl sites for hydroxylation is 1. The number of aromatic nitrogens is 2. The van der Waals surface area contributed by atoms with Gasteiger partial charge in [0.05, 0.1) is 6.17 Å². The predicted octanol–water partition coefficient (Wildman–Crippen LogP) is 4.81. The Bertz CT molecular complexity index is 781. The molecular formula is C20H19FN2O. The molecule has 0 amide bonds. The predicted molar refractivity (Wildman–Crippen MR) is 93.5 cm³/mol. The Balaban J connectivity index is 1.74. The summed E-state index contributed by atoms with van der Waals surface area (Å²) in [7, 11) is 0. The van der Waals surface area contributed by atoms with Crippen LogP contribution in [0.5, 0.6) is 5.75 Å². The average molecular weight is 322 g/mol. The highest BCUT2D eigenvalue weighted by Gasteiger charge is 2.05. The molecule has 0 fully saturated rings. The lowest BCUT2D eigenvalue weighted by molar-refractivity contribution is 0.341. The number of phenolic OH excluding ortho intramolecular Hbond substituents is 1. The minimum atomic E-state index is -0.777. The third kappa shape index (κ3) is 3.96. The molecule has 0 bridgehead atoms. The summed E-state index contributed by atoms with van der Waals surface area (Å²) in [4.78, 5) is 8.84. The fourth-order valence-electron chi connectivity index (χ4n) is 2.47. The van der Waals surface area contributed by atoms with Crippen LogP contribution < -0.4 is 0 Å². The van der Waals surface area contributed by atoms with Gasteiger partial charge in [0.15, 0.2) is 5.82 Å². The molecule has 1 aromatic heterocycles. The summed E-state index contributed by atoms with van der Waals surface area (Å²) in [6.07, 6.45) is 4.04. The second-order valence-electron chi connectivity index (χ2n) is 5.86. The number of hydrogen-bond donors (Lipinski definition) is 1. The number of rotatable bonds is 5. The van der Waals surface area contributed by atoms with Gasteiger partial charge in [0.1, 0.15) is 5.75 Å². The molecule has 0 aliphatic heterocycles. The molecule has 3 nitrogen and oxygen atoms in total. The Morgan fingerprint density at radius 1 is 0.875 bits per heavy atom. The molecule has 0 radical (unpaired) electrons. The van der Waals surface area contributed by atoms with Crippen molar-refractivity contribution in [3.05, 3.63) is 66.5 Å². The standard InChI is InChI=1S/C20H19FN2O/c1-14(21)2-3-15-4-6-17(7-5-15)20-22-12-18(13-23-20)16-8-10-19(24)11-9-16/h4-14,24H,2-3H2,1H3/t14-/m0/s1. The second kappa shape index (κ2) is 7.21. The van der Waals surface area contributed by atoms with Gasteiger partial charge in [0, 0.05) is 23.5 Å². The first kappa shape index (κ1) is 16.1.